The summed E-state index contributed by atoms with van der Waals surface area (Å²) in [6, 6.07) is 3.33. The molecule has 6 heteroatoms. The first kappa shape index (κ1) is 15.9. The van der Waals surface area contributed by atoms with Gasteiger partial charge in [0.2, 0.25) is 11.8 Å². The van der Waals surface area contributed by atoms with Crippen LogP contribution >= 0.6 is 0 Å². The highest BCUT2D eigenvalue weighted by Gasteiger charge is 2.37. The normalized spacial score (nSPS) is 10.9. The number of nitrogens with zero attached hydrogens (tertiary/aromatic N) is 1. The summed E-state index contributed by atoms with van der Waals surface area (Å²) >= 11 is 0. The summed E-state index contributed by atoms with van der Waals surface area (Å²) in [7, 11) is 1.46. The third kappa shape index (κ3) is 3.46. The quantitative estimate of drug-likeness (QED) is 0.800. The molecule has 0 bridgehead atoms. The summed E-state index contributed by atoms with van der Waals surface area (Å²) in [6.07, 6.45) is 2.27. The van der Waals surface area contributed by atoms with Crippen molar-refractivity contribution in [1.82, 2.24) is 4.98 Å². The fraction of sp³-hybridized carbons (Fsp3) is 0.500. The number of carbonyl (C=O) groups excluding carboxylic acids is 1. The summed E-state index contributed by atoms with van der Waals surface area (Å²) in [5, 5.41) is 12.0. The smallest absolute Gasteiger partial charge is 0.310 e. The number of rotatable bonds is 7. The van der Waals surface area contributed by atoms with Crippen molar-refractivity contribution in [3.05, 3.63) is 18.3 Å². The Balaban J connectivity index is 2.84. The Hall–Kier alpha value is -2.11. The van der Waals surface area contributed by atoms with Gasteiger partial charge in [-0.1, -0.05) is 13.8 Å². The molecule has 0 fully saturated rings. The Kier molecular flexibility index (Phi) is 5.49. The number of aliphatic carboxylic acids is 1. The molecule has 1 amide bonds. The summed E-state index contributed by atoms with van der Waals surface area (Å²) in [6.45, 7) is 3.55. The lowest BCUT2D eigenvalue weighted by Gasteiger charge is -2.25. The standard InChI is InChI=1S/C14H20N2O4/c1-4-14(5-2,13(18)19)9-11(17)16-10-7-6-8-15-12(10)20-3/h6-8H,4-5,9H2,1-3H3,(H,16,17)(H,18,19). The van der Waals surface area contributed by atoms with Crippen LogP contribution in [0.1, 0.15) is 33.1 Å². The second kappa shape index (κ2) is 6.88. The number of aromatic nitrogens is 1. The number of hydrogen-bond donors (Lipinski definition) is 2. The van der Waals surface area contributed by atoms with Gasteiger partial charge < -0.3 is 15.2 Å². The monoisotopic (exact) mass is 280 g/mol. The Morgan fingerprint density at radius 2 is 2.05 bits per heavy atom. The Morgan fingerprint density at radius 3 is 2.55 bits per heavy atom. The van der Waals surface area contributed by atoms with Crippen LogP contribution in [-0.2, 0) is 9.59 Å². The number of ether oxygens (including phenoxy) is 1. The van der Waals surface area contributed by atoms with Gasteiger partial charge in [0, 0.05) is 12.6 Å². The molecular formula is C14H20N2O4. The highest BCUT2D eigenvalue weighted by Crippen LogP contribution is 2.32. The Labute approximate surface area is 118 Å². The van der Waals surface area contributed by atoms with Crippen LogP contribution in [0.4, 0.5) is 5.69 Å². The second-order valence-corrected chi connectivity index (χ2v) is 4.58. The first-order chi connectivity index (χ1) is 9.49. The summed E-state index contributed by atoms with van der Waals surface area (Å²) in [5.74, 6) is -1.01. The summed E-state index contributed by atoms with van der Waals surface area (Å²) in [5.41, 5.74) is -0.592. The molecule has 1 rings (SSSR count). The van der Waals surface area contributed by atoms with Gasteiger partial charge in [-0.3, -0.25) is 9.59 Å². The van der Waals surface area contributed by atoms with Gasteiger partial charge in [-0.25, -0.2) is 4.98 Å². The van der Waals surface area contributed by atoms with Gasteiger partial charge in [0.05, 0.1) is 12.5 Å². The minimum Gasteiger partial charge on any atom is -0.481 e. The molecule has 0 aromatic carbocycles. The van der Waals surface area contributed by atoms with E-state index in [1.165, 1.54) is 7.11 Å². The minimum atomic E-state index is -1.03. The average molecular weight is 280 g/mol. The molecule has 1 heterocycles. The van der Waals surface area contributed by atoms with E-state index in [0.29, 0.717) is 24.4 Å². The van der Waals surface area contributed by atoms with E-state index in [-0.39, 0.29) is 12.3 Å². The van der Waals surface area contributed by atoms with Crippen LogP contribution in [-0.4, -0.2) is 29.1 Å². The molecule has 0 saturated carbocycles. The molecular weight excluding hydrogens is 260 g/mol. The lowest BCUT2D eigenvalue weighted by molar-refractivity contribution is -0.151. The molecule has 1 aromatic heterocycles. The highest BCUT2D eigenvalue weighted by molar-refractivity contribution is 5.95. The number of nitrogens with one attached hydrogen (secondary N) is 1. The highest BCUT2D eigenvalue weighted by atomic mass is 16.5. The Morgan fingerprint density at radius 1 is 1.40 bits per heavy atom. The molecule has 0 aliphatic carbocycles. The van der Waals surface area contributed by atoms with Gasteiger partial charge in [0.15, 0.2) is 0 Å². The van der Waals surface area contributed by atoms with Crippen molar-refractivity contribution in [2.45, 2.75) is 33.1 Å². The van der Waals surface area contributed by atoms with Crippen LogP contribution in [0.2, 0.25) is 0 Å². The van der Waals surface area contributed by atoms with Gasteiger partial charge in [-0.15, -0.1) is 0 Å². The molecule has 0 radical (unpaired) electrons. The summed E-state index contributed by atoms with van der Waals surface area (Å²) in [4.78, 5) is 27.4. The van der Waals surface area contributed by atoms with Crippen LogP contribution in [0.25, 0.3) is 0 Å². The molecule has 0 atom stereocenters. The van der Waals surface area contributed by atoms with E-state index in [9.17, 15) is 14.7 Å². The van der Waals surface area contributed by atoms with E-state index < -0.39 is 11.4 Å². The predicted molar refractivity (Wildman–Crippen MR) is 74.7 cm³/mol. The molecule has 0 aliphatic heterocycles. The lowest BCUT2D eigenvalue weighted by Crippen LogP contribution is -2.34. The van der Waals surface area contributed by atoms with Gasteiger partial charge in [-0.2, -0.15) is 0 Å². The zero-order chi connectivity index (χ0) is 15.2. The largest absolute Gasteiger partial charge is 0.481 e. The van der Waals surface area contributed by atoms with E-state index in [4.69, 9.17) is 4.74 Å². The van der Waals surface area contributed by atoms with Crippen LogP contribution < -0.4 is 10.1 Å². The molecule has 6 nitrogen and oxygen atoms in total. The van der Waals surface area contributed by atoms with Crippen molar-refractivity contribution in [2.75, 3.05) is 12.4 Å². The van der Waals surface area contributed by atoms with Crippen LogP contribution in [0.15, 0.2) is 18.3 Å². The zero-order valence-electron chi connectivity index (χ0n) is 12.0. The molecule has 2 N–H and O–H groups in total. The molecule has 20 heavy (non-hydrogen) atoms. The average Bonchev–Trinajstić information content (AvgIpc) is 2.45. The third-order valence-corrected chi connectivity index (χ3v) is 3.54. The van der Waals surface area contributed by atoms with Gasteiger partial charge in [0.1, 0.15) is 5.69 Å². The van der Waals surface area contributed by atoms with E-state index in [1.807, 2.05) is 0 Å². The number of anilines is 1. The number of carboxylic acid groups (broad SMARTS) is 1. The number of methoxy groups -OCH3 is 1. The second-order valence-electron chi connectivity index (χ2n) is 4.58. The molecule has 110 valence electrons. The van der Waals surface area contributed by atoms with Crippen LogP contribution in [0.3, 0.4) is 0 Å². The number of amides is 1. The van der Waals surface area contributed by atoms with E-state index in [2.05, 4.69) is 10.3 Å². The predicted octanol–water partition coefficient (Wildman–Crippen LogP) is 2.31. The van der Waals surface area contributed by atoms with Gasteiger partial charge >= 0.3 is 5.97 Å². The maximum absolute atomic E-state index is 12.1. The maximum atomic E-state index is 12.1. The van der Waals surface area contributed by atoms with Gasteiger partial charge in [-0.05, 0) is 25.0 Å². The van der Waals surface area contributed by atoms with Crippen LogP contribution in [0.5, 0.6) is 5.88 Å². The fourth-order valence-electron chi connectivity index (χ4n) is 2.03. The van der Waals surface area contributed by atoms with Gasteiger partial charge in [0.25, 0.3) is 0 Å². The van der Waals surface area contributed by atoms with Crippen molar-refractivity contribution < 1.29 is 19.4 Å². The van der Waals surface area contributed by atoms with Crippen molar-refractivity contribution >= 4 is 17.6 Å². The fourth-order valence-corrected chi connectivity index (χ4v) is 2.03. The number of hydrogen-bond acceptors (Lipinski definition) is 4. The number of carboxylic acids is 1. The Bertz CT molecular complexity index is 484. The van der Waals surface area contributed by atoms with Crippen molar-refractivity contribution in [2.24, 2.45) is 5.41 Å². The maximum Gasteiger partial charge on any atom is 0.310 e. The van der Waals surface area contributed by atoms with E-state index in [1.54, 1.807) is 32.2 Å². The first-order valence-corrected chi connectivity index (χ1v) is 6.51. The molecule has 0 saturated heterocycles. The SMILES string of the molecule is CCC(CC)(CC(=O)Nc1cccnc1OC)C(=O)O. The van der Waals surface area contributed by atoms with Crippen LogP contribution in [0, 0.1) is 5.41 Å². The minimum absolute atomic E-state index is 0.0760. The zero-order valence-corrected chi connectivity index (χ0v) is 12.0. The van der Waals surface area contributed by atoms with Crippen molar-refractivity contribution in [1.29, 1.82) is 0 Å². The summed E-state index contributed by atoms with van der Waals surface area (Å²) < 4.78 is 5.03. The van der Waals surface area contributed by atoms with E-state index >= 15 is 0 Å². The first-order valence-electron chi connectivity index (χ1n) is 6.51. The molecule has 0 unspecified atom stereocenters. The van der Waals surface area contributed by atoms with Crippen molar-refractivity contribution in [3.63, 3.8) is 0 Å². The number of pyridine rings is 1. The third-order valence-electron chi connectivity index (χ3n) is 3.54. The molecule has 0 aliphatic rings. The van der Waals surface area contributed by atoms with E-state index in [0.717, 1.165) is 0 Å². The number of carbonyl (C=O) groups is 2. The van der Waals surface area contributed by atoms with Crippen molar-refractivity contribution in [3.8, 4) is 5.88 Å². The lowest BCUT2D eigenvalue weighted by atomic mass is 9.79. The molecule has 0 spiro atoms. The molecule has 1 aromatic rings. The topological polar surface area (TPSA) is 88.5 Å².